The molecule has 0 aromatic heterocycles. The van der Waals surface area contributed by atoms with Crippen molar-refractivity contribution < 1.29 is 29.3 Å². The molecule has 0 heterocycles. The van der Waals surface area contributed by atoms with Crippen LogP contribution >= 0.6 is 0 Å². The van der Waals surface area contributed by atoms with E-state index in [4.69, 9.17) is 31.2 Å². The molecule has 0 bridgehead atoms. The number of hydrogen-bond acceptors (Lipinski definition) is 6. The average Bonchev–Trinajstić information content (AvgIpc) is 2.38. The third kappa shape index (κ3) is 4.33. The molecule has 0 aliphatic rings. The Morgan fingerprint density at radius 3 is 2.14 bits per heavy atom. The summed E-state index contributed by atoms with van der Waals surface area (Å²) in [4.78, 5) is 22.0. The number of carbonyl (C=O) groups is 2. The molecule has 0 atom stereocenters. The van der Waals surface area contributed by atoms with Crippen molar-refractivity contribution in [2.45, 2.75) is 19.8 Å². The Morgan fingerprint density at radius 1 is 1.10 bits per heavy atom. The summed E-state index contributed by atoms with van der Waals surface area (Å²) in [6.45, 7) is 1.26. The van der Waals surface area contributed by atoms with E-state index in [1.807, 2.05) is 0 Å². The summed E-state index contributed by atoms with van der Waals surface area (Å²) in [6.07, 6.45) is -1.75. The highest BCUT2D eigenvalue weighted by Crippen LogP contribution is 2.35. The monoisotopic (exact) mass is 298 g/mol. The molecule has 0 spiro atoms. The molecule has 0 saturated heterocycles. The van der Waals surface area contributed by atoms with Crippen molar-refractivity contribution in [1.82, 2.24) is 0 Å². The van der Waals surface area contributed by atoms with Crippen LogP contribution in [0.4, 0.5) is 9.59 Å². The molecule has 116 valence electrons. The molecule has 0 fully saturated rings. The van der Waals surface area contributed by atoms with Gasteiger partial charge in [0, 0.05) is 25.2 Å². The fourth-order valence-corrected chi connectivity index (χ4v) is 2.00. The maximum absolute atomic E-state index is 11.0. The summed E-state index contributed by atoms with van der Waals surface area (Å²) in [5.74, 6) is 0.153. The number of nitrogens with two attached hydrogens (primary N) is 2. The number of hydrogen-bond donors (Lipinski definition) is 4. The van der Waals surface area contributed by atoms with Gasteiger partial charge in [-0.25, -0.2) is 9.59 Å². The van der Waals surface area contributed by atoms with Crippen molar-refractivity contribution in [3.05, 3.63) is 22.8 Å². The predicted octanol–water partition coefficient (Wildman–Crippen LogP) is -0.0204. The van der Waals surface area contributed by atoms with Crippen LogP contribution in [0.25, 0.3) is 0 Å². The molecule has 8 heteroatoms. The second-order valence-electron chi connectivity index (χ2n) is 4.26. The fourth-order valence-electron chi connectivity index (χ4n) is 2.00. The Kier molecular flexibility index (Phi) is 5.94. The number of benzene rings is 1. The van der Waals surface area contributed by atoms with E-state index in [0.717, 1.165) is 0 Å². The molecule has 0 aliphatic heterocycles. The lowest BCUT2D eigenvalue weighted by Gasteiger charge is -2.18. The zero-order chi connectivity index (χ0) is 16.0. The first kappa shape index (κ1) is 16.7. The Labute approximate surface area is 121 Å². The van der Waals surface area contributed by atoms with Gasteiger partial charge in [0.15, 0.2) is 0 Å². The van der Waals surface area contributed by atoms with Gasteiger partial charge in [-0.3, -0.25) is 0 Å². The third-order valence-corrected chi connectivity index (χ3v) is 2.86. The van der Waals surface area contributed by atoms with Crippen LogP contribution in [0.15, 0.2) is 6.07 Å². The number of carbonyl (C=O) groups excluding carboxylic acids is 2. The number of rotatable bonds is 6. The number of aliphatic hydroxyl groups excluding tert-OH is 2. The zero-order valence-corrected chi connectivity index (χ0v) is 11.6. The van der Waals surface area contributed by atoms with E-state index < -0.39 is 12.2 Å². The van der Waals surface area contributed by atoms with E-state index in [9.17, 15) is 9.59 Å². The van der Waals surface area contributed by atoms with E-state index in [1.54, 1.807) is 6.92 Å². The van der Waals surface area contributed by atoms with Crippen molar-refractivity contribution in [3.63, 3.8) is 0 Å². The zero-order valence-electron chi connectivity index (χ0n) is 11.6. The van der Waals surface area contributed by atoms with E-state index in [1.165, 1.54) is 6.07 Å². The number of amides is 2. The van der Waals surface area contributed by atoms with Crippen LogP contribution in [0.5, 0.6) is 11.5 Å². The van der Waals surface area contributed by atoms with Crippen molar-refractivity contribution in [1.29, 1.82) is 0 Å². The van der Waals surface area contributed by atoms with Gasteiger partial charge in [-0.15, -0.1) is 0 Å². The van der Waals surface area contributed by atoms with Crippen LogP contribution in [0.1, 0.15) is 16.7 Å². The van der Waals surface area contributed by atoms with Gasteiger partial charge >= 0.3 is 12.2 Å². The minimum atomic E-state index is -1.04. The Morgan fingerprint density at radius 2 is 1.67 bits per heavy atom. The highest BCUT2D eigenvalue weighted by atomic mass is 16.6. The summed E-state index contributed by atoms with van der Waals surface area (Å²) < 4.78 is 9.83. The minimum Gasteiger partial charge on any atom is -0.410 e. The summed E-state index contributed by atoms with van der Waals surface area (Å²) in [5.41, 5.74) is 11.5. The van der Waals surface area contributed by atoms with E-state index in [-0.39, 0.29) is 37.6 Å². The van der Waals surface area contributed by atoms with Crippen LogP contribution < -0.4 is 20.9 Å². The molecule has 0 radical (unpaired) electrons. The van der Waals surface area contributed by atoms with Gasteiger partial charge in [0.25, 0.3) is 0 Å². The Hall–Kier alpha value is -2.32. The number of primary amides is 2. The molecule has 2 amide bonds. The smallest absolute Gasteiger partial charge is 0.409 e. The van der Waals surface area contributed by atoms with E-state index in [0.29, 0.717) is 16.7 Å². The van der Waals surface area contributed by atoms with Gasteiger partial charge in [0.1, 0.15) is 11.5 Å². The highest BCUT2D eigenvalue weighted by Gasteiger charge is 2.20. The van der Waals surface area contributed by atoms with Crippen molar-refractivity contribution in [2.75, 3.05) is 13.2 Å². The lowest BCUT2D eigenvalue weighted by Crippen LogP contribution is -2.21. The molecule has 8 nitrogen and oxygen atoms in total. The first-order chi connectivity index (χ1) is 9.90. The van der Waals surface area contributed by atoms with Gasteiger partial charge in [-0.1, -0.05) is 0 Å². The SMILES string of the molecule is Cc1c(CCO)cc(OC(N)=O)c(CCO)c1OC(N)=O. The third-order valence-electron chi connectivity index (χ3n) is 2.86. The van der Waals surface area contributed by atoms with Gasteiger partial charge < -0.3 is 31.2 Å². The normalized spacial score (nSPS) is 10.2. The predicted molar refractivity (Wildman–Crippen MR) is 73.2 cm³/mol. The van der Waals surface area contributed by atoms with Crippen LogP contribution in [-0.2, 0) is 12.8 Å². The molecular weight excluding hydrogens is 280 g/mol. The van der Waals surface area contributed by atoms with Gasteiger partial charge in [0.2, 0.25) is 0 Å². The average molecular weight is 298 g/mol. The maximum Gasteiger partial charge on any atom is 0.409 e. The molecule has 0 saturated carbocycles. The largest absolute Gasteiger partial charge is 0.410 e. The Bertz CT molecular complexity index is 544. The molecule has 0 unspecified atom stereocenters. The number of aliphatic hydroxyl groups is 2. The Balaban J connectivity index is 3.48. The first-order valence-electron chi connectivity index (χ1n) is 6.22. The highest BCUT2D eigenvalue weighted by molar-refractivity contribution is 5.73. The fraction of sp³-hybridized carbons (Fsp3) is 0.385. The van der Waals surface area contributed by atoms with Crippen LogP contribution in [-0.4, -0.2) is 35.6 Å². The van der Waals surface area contributed by atoms with Crippen LogP contribution in [0, 0.1) is 6.92 Å². The summed E-state index contributed by atoms with van der Waals surface area (Å²) in [5, 5.41) is 18.2. The number of ether oxygens (including phenoxy) is 2. The molecule has 1 aromatic rings. The molecule has 1 rings (SSSR count). The molecule has 1 aromatic carbocycles. The lowest BCUT2D eigenvalue weighted by molar-refractivity contribution is 0.207. The minimum absolute atomic E-state index is 0.0573. The summed E-state index contributed by atoms with van der Waals surface area (Å²) >= 11 is 0. The van der Waals surface area contributed by atoms with E-state index >= 15 is 0 Å². The van der Waals surface area contributed by atoms with Crippen molar-refractivity contribution in [3.8, 4) is 11.5 Å². The topological polar surface area (TPSA) is 145 Å². The molecule has 6 N–H and O–H groups in total. The standard InChI is InChI=1S/C13H18N2O6/c1-7-8(2-4-16)6-10(20-12(14)18)9(3-5-17)11(7)21-13(15)19/h6,16-17H,2-5H2,1H3,(H2,14,18)(H2,15,19). The van der Waals surface area contributed by atoms with E-state index in [2.05, 4.69) is 0 Å². The van der Waals surface area contributed by atoms with Crippen molar-refractivity contribution in [2.24, 2.45) is 11.5 Å². The molecule has 21 heavy (non-hydrogen) atoms. The quantitative estimate of drug-likeness (QED) is 0.580. The molecular formula is C13H18N2O6. The summed E-state index contributed by atoms with van der Waals surface area (Å²) in [6, 6.07) is 1.51. The summed E-state index contributed by atoms with van der Waals surface area (Å²) in [7, 11) is 0. The van der Waals surface area contributed by atoms with Gasteiger partial charge in [-0.05, 0) is 30.5 Å². The second kappa shape index (κ2) is 7.46. The molecule has 0 aliphatic carbocycles. The second-order valence-corrected chi connectivity index (χ2v) is 4.26. The van der Waals surface area contributed by atoms with Crippen molar-refractivity contribution >= 4 is 12.2 Å². The van der Waals surface area contributed by atoms with Crippen LogP contribution in [0.2, 0.25) is 0 Å². The van der Waals surface area contributed by atoms with Gasteiger partial charge in [0.05, 0.1) is 0 Å². The van der Waals surface area contributed by atoms with Gasteiger partial charge in [-0.2, -0.15) is 0 Å². The first-order valence-corrected chi connectivity index (χ1v) is 6.22. The lowest BCUT2D eigenvalue weighted by atomic mass is 9.98. The maximum atomic E-state index is 11.0. The van der Waals surface area contributed by atoms with Crippen LogP contribution in [0.3, 0.4) is 0 Å².